The van der Waals surface area contributed by atoms with Crippen LogP contribution in [0.5, 0.6) is 6.01 Å². The molecule has 0 amide bonds. The molecule has 2 heterocycles. The molecule has 1 fully saturated rings. The molecule has 0 unspecified atom stereocenters. The van der Waals surface area contributed by atoms with Crippen molar-refractivity contribution in [1.29, 1.82) is 0 Å². The zero-order valence-corrected chi connectivity index (χ0v) is 13.2. The molecular formula is C15H23N5O3. The van der Waals surface area contributed by atoms with Crippen LogP contribution in [0, 0.1) is 11.8 Å². The summed E-state index contributed by atoms with van der Waals surface area (Å²) >= 11 is 0. The van der Waals surface area contributed by atoms with Gasteiger partial charge in [0.15, 0.2) is 17.0 Å². The Labute approximate surface area is 134 Å². The second-order valence-electron chi connectivity index (χ2n) is 6.01. The standard InChI is InChI=1S/C15H23N5O3/c1-2-3-4-23-15-18-13(16)12-14(19-15)20(8-17-12)11-5-9(6-21)10(11)7-22/h8-11,21-22H,2-7H2,1H3,(H2,16,18,19)/t9-,10-,11-/m1/s1. The van der Waals surface area contributed by atoms with Gasteiger partial charge in [0.2, 0.25) is 0 Å². The molecule has 3 rings (SSSR count). The minimum absolute atomic E-state index is 0.00181. The third-order valence-electron chi connectivity index (χ3n) is 4.60. The first-order valence-electron chi connectivity index (χ1n) is 8.04. The molecule has 1 aliphatic rings. The minimum Gasteiger partial charge on any atom is -0.463 e. The molecule has 0 radical (unpaired) electrons. The fourth-order valence-electron chi connectivity index (χ4n) is 3.11. The molecule has 23 heavy (non-hydrogen) atoms. The van der Waals surface area contributed by atoms with Crippen LogP contribution in [-0.2, 0) is 0 Å². The summed E-state index contributed by atoms with van der Waals surface area (Å²) in [6.45, 7) is 2.73. The number of aromatic nitrogens is 4. The number of ether oxygens (including phenoxy) is 1. The van der Waals surface area contributed by atoms with E-state index in [1.807, 2.05) is 4.57 Å². The number of unbranched alkanes of at least 4 members (excludes halogenated alkanes) is 1. The Morgan fingerprint density at radius 2 is 2.17 bits per heavy atom. The highest BCUT2D eigenvalue weighted by Crippen LogP contribution is 2.44. The number of fused-ring (bicyclic) bond motifs is 1. The lowest BCUT2D eigenvalue weighted by Gasteiger charge is -2.43. The lowest BCUT2D eigenvalue weighted by Crippen LogP contribution is -2.42. The quantitative estimate of drug-likeness (QED) is 0.644. The number of rotatable bonds is 7. The zero-order chi connectivity index (χ0) is 16.4. The summed E-state index contributed by atoms with van der Waals surface area (Å²) in [6, 6.07) is 0.309. The molecule has 2 aromatic rings. The first-order chi connectivity index (χ1) is 11.2. The molecule has 0 aliphatic heterocycles. The molecule has 0 saturated heterocycles. The van der Waals surface area contributed by atoms with E-state index in [-0.39, 0.29) is 37.1 Å². The summed E-state index contributed by atoms with van der Waals surface area (Å²) in [5, 5.41) is 18.9. The van der Waals surface area contributed by atoms with Crippen LogP contribution < -0.4 is 10.5 Å². The van der Waals surface area contributed by atoms with E-state index in [9.17, 15) is 10.2 Å². The topological polar surface area (TPSA) is 119 Å². The summed E-state index contributed by atoms with van der Waals surface area (Å²) in [7, 11) is 0. The maximum atomic E-state index is 9.55. The fourth-order valence-corrected chi connectivity index (χ4v) is 3.11. The molecular weight excluding hydrogens is 298 g/mol. The summed E-state index contributed by atoms with van der Waals surface area (Å²) in [6.07, 6.45) is 4.40. The van der Waals surface area contributed by atoms with Gasteiger partial charge in [-0.05, 0) is 18.8 Å². The van der Waals surface area contributed by atoms with Crippen LogP contribution in [0.25, 0.3) is 11.2 Å². The second kappa shape index (κ2) is 6.67. The second-order valence-corrected chi connectivity index (χ2v) is 6.01. The molecule has 3 atom stereocenters. The van der Waals surface area contributed by atoms with E-state index >= 15 is 0 Å². The highest BCUT2D eigenvalue weighted by molar-refractivity contribution is 5.82. The number of nitrogens with zero attached hydrogens (tertiary/aromatic N) is 4. The van der Waals surface area contributed by atoms with Crippen LogP contribution in [0.3, 0.4) is 0 Å². The average Bonchev–Trinajstić information content (AvgIpc) is 2.92. The predicted molar refractivity (Wildman–Crippen MR) is 84.9 cm³/mol. The maximum Gasteiger partial charge on any atom is 0.320 e. The van der Waals surface area contributed by atoms with Crippen LogP contribution >= 0.6 is 0 Å². The lowest BCUT2D eigenvalue weighted by molar-refractivity contribution is -0.00531. The predicted octanol–water partition coefficient (Wildman–Crippen LogP) is 0.749. The molecule has 8 nitrogen and oxygen atoms in total. The van der Waals surface area contributed by atoms with E-state index in [0.29, 0.717) is 23.6 Å². The number of anilines is 1. The van der Waals surface area contributed by atoms with Crippen molar-refractivity contribution in [3.63, 3.8) is 0 Å². The summed E-state index contributed by atoms with van der Waals surface area (Å²) in [5.74, 6) is 0.402. The van der Waals surface area contributed by atoms with E-state index in [1.165, 1.54) is 0 Å². The van der Waals surface area contributed by atoms with Crippen LogP contribution in [0.15, 0.2) is 6.33 Å². The number of nitrogen functional groups attached to an aromatic ring is 1. The van der Waals surface area contributed by atoms with Gasteiger partial charge in [-0.1, -0.05) is 13.3 Å². The van der Waals surface area contributed by atoms with Gasteiger partial charge in [0.05, 0.1) is 12.9 Å². The lowest BCUT2D eigenvalue weighted by atomic mass is 9.70. The zero-order valence-electron chi connectivity index (χ0n) is 13.2. The van der Waals surface area contributed by atoms with Crippen molar-refractivity contribution >= 4 is 17.0 Å². The van der Waals surface area contributed by atoms with Crippen LogP contribution in [0.1, 0.15) is 32.2 Å². The Bertz CT molecular complexity index is 674. The Hall–Kier alpha value is -1.93. The maximum absolute atomic E-state index is 9.55. The molecule has 1 saturated carbocycles. The van der Waals surface area contributed by atoms with Crippen molar-refractivity contribution in [2.45, 2.75) is 32.2 Å². The third kappa shape index (κ3) is 2.84. The Morgan fingerprint density at radius 1 is 1.35 bits per heavy atom. The number of aliphatic hydroxyl groups excluding tert-OH is 2. The molecule has 0 bridgehead atoms. The smallest absolute Gasteiger partial charge is 0.320 e. The molecule has 4 N–H and O–H groups in total. The van der Waals surface area contributed by atoms with Gasteiger partial charge < -0.3 is 25.3 Å². The minimum atomic E-state index is -0.00181. The number of nitrogens with two attached hydrogens (primary N) is 1. The van der Waals surface area contributed by atoms with Gasteiger partial charge in [0.1, 0.15) is 0 Å². The van der Waals surface area contributed by atoms with Crippen molar-refractivity contribution in [3.8, 4) is 6.01 Å². The van der Waals surface area contributed by atoms with Gasteiger partial charge in [-0.15, -0.1) is 0 Å². The van der Waals surface area contributed by atoms with Gasteiger partial charge in [0.25, 0.3) is 0 Å². The van der Waals surface area contributed by atoms with Gasteiger partial charge in [-0.3, -0.25) is 0 Å². The molecule has 0 aromatic carbocycles. The first-order valence-corrected chi connectivity index (χ1v) is 8.04. The normalized spacial score (nSPS) is 23.9. The summed E-state index contributed by atoms with van der Waals surface area (Å²) < 4.78 is 7.46. The van der Waals surface area contributed by atoms with Crippen molar-refractivity contribution < 1.29 is 14.9 Å². The Balaban J connectivity index is 1.89. The van der Waals surface area contributed by atoms with Crippen molar-refractivity contribution in [1.82, 2.24) is 19.5 Å². The monoisotopic (exact) mass is 321 g/mol. The van der Waals surface area contributed by atoms with Gasteiger partial charge >= 0.3 is 6.01 Å². The van der Waals surface area contributed by atoms with E-state index in [4.69, 9.17) is 10.5 Å². The van der Waals surface area contributed by atoms with Crippen molar-refractivity contribution in [3.05, 3.63) is 6.33 Å². The largest absolute Gasteiger partial charge is 0.463 e. The van der Waals surface area contributed by atoms with Gasteiger partial charge in [0, 0.05) is 25.2 Å². The average molecular weight is 321 g/mol. The SMILES string of the molecule is CCCCOc1nc(N)c2ncn([C@@H]3C[C@H](CO)[C@H]3CO)c2n1. The number of hydrogen-bond donors (Lipinski definition) is 3. The van der Waals surface area contributed by atoms with Crippen molar-refractivity contribution in [2.75, 3.05) is 25.6 Å². The van der Waals surface area contributed by atoms with E-state index in [1.54, 1.807) is 6.33 Å². The summed E-state index contributed by atoms with van der Waals surface area (Å²) in [4.78, 5) is 12.9. The third-order valence-corrected chi connectivity index (χ3v) is 4.60. The van der Waals surface area contributed by atoms with E-state index < -0.39 is 0 Å². The molecule has 8 heteroatoms. The summed E-state index contributed by atoms with van der Waals surface area (Å²) in [5.41, 5.74) is 7.11. The fraction of sp³-hybridized carbons (Fsp3) is 0.667. The highest BCUT2D eigenvalue weighted by Gasteiger charge is 2.42. The van der Waals surface area contributed by atoms with E-state index in [0.717, 1.165) is 19.3 Å². The number of aliphatic hydroxyl groups is 2. The van der Waals surface area contributed by atoms with E-state index in [2.05, 4.69) is 21.9 Å². The molecule has 1 aliphatic carbocycles. The Kier molecular flexibility index (Phi) is 4.63. The van der Waals surface area contributed by atoms with Crippen LogP contribution in [-0.4, -0.2) is 49.6 Å². The van der Waals surface area contributed by atoms with Crippen molar-refractivity contribution in [2.24, 2.45) is 11.8 Å². The number of hydrogen-bond acceptors (Lipinski definition) is 7. The first kappa shape index (κ1) is 15.9. The molecule has 2 aromatic heterocycles. The van der Waals surface area contributed by atoms with Gasteiger partial charge in [-0.2, -0.15) is 9.97 Å². The van der Waals surface area contributed by atoms with Crippen LogP contribution in [0.4, 0.5) is 5.82 Å². The number of imidazole rings is 1. The Morgan fingerprint density at radius 3 is 2.87 bits per heavy atom. The van der Waals surface area contributed by atoms with Crippen LogP contribution in [0.2, 0.25) is 0 Å². The molecule has 126 valence electrons. The molecule has 0 spiro atoms. The highest BCUT2D eigenvalue weighted by atomic mass is 16.5. The van der Waals surface area contributed by atoms with Gasteiger partial charge in [-0.25, -0.2) is 4.98 Å².